The Morgan fingerprint density at radius 1 is 1.63 bits per heavy atom. The molecular formula is C13H14ClN3O2. The van der Waals surface area contributed by atoms with E-state index in [0.717, 1.165) is 13.1 Å². The Balaban J connectivity index is 1.90. The number of anilines is 1. The predicted molar refractivity (Wildman–Crippen MR) is 72.0 cm³/mol. The van der Waals surface area contributed by atoms with Crippen LogP contribution in [0.3, 0.4) is 0 Å². The highest BCUT2D eigenvalue weighted by molar-refractivity contribution is 6.33. The summed E-state index contributed by atoms with van der Waals surface area (Å²) < 4.78 is 5.51. The van der Waals surface area contributed by atoms with Crippen molar-refractivity contribution in [3.05, 3.63) is 28.8 Å². The zero-order valence-corrected chi connectivity index (χ0v) is 11.3. The minimum atomic E-state index is -0.264. The first-order valence-electron chi connectivity index (χ1n) is 5.87. The van der Waals surface area contributed by atoms with Gasteiger partial charge in [0.15, 0.2) is 0 Å². The van der Waals surface area contributed by atoms with Gasteiger partial charge in [-0.25, -0.2) is 0 Å². The van der Waals surface area contributed by atoms with E-state index in [1.165, 1.54) is 6.07 Å². The van der Waals surface area contributed by atoms with Crippen molar-refractivity contribution in [2.75, 3.05) is 25.0 Å². The van der Waals surface area contributed by atoms with E-state index in [4.69, 9.17) is 21.6 Å². The summed E-state index contributed by atoms with van der Waals surface area (Å²) >= 11 is 5.96. The van der Waals surface area contributed by atoms with Gasteiger partial charge in [-0.2, -0.15) is 5.26 Å². The van der Waals surface area contributed by atoms with Crippen molar-refractivity contribution in [2.45, 2.75) is 12.5 Å². The number of nitriles is 1. The number of nitrogens with zero attached hydrogens (tertiary/aromatic N) is 1. The molecule has 0 atom stereocenters. The van der Waals surface area contributed by atoms with Crippen LogP contribution in [0, 0.1) is 11.3 Å². The average Bonchev–Trinajstić information content (AvgIpc) is 2.36. The molecule has 1 heterocycles. The van der Waals surface area contributed by atoms with Crippen molar-refractivity contribution in [3.8, 4) is 6.07 Å². The summed E-state index contributed by atoms with van der Waals surface area (Å²) in [7, 11) is 0. The number of carbonyl (C=O) groups is 1. The number of benzene rings is 1. The van der Waals surface area contributed by atoms with Gasteiger partial charge in [0.05, 0.1) is 27.9 Å². The Morgan fingerprint density at radius 2 is 2.37 bits per heavy atom. The van der Waals surface area contributed by atoms with Crippen LogP contribution in [0.4, 0.5) is 5.69 Å². The van der Waals surface area contributed by atoms with Crippen LogP contribution in [0.5, 0.6) is 0 Å². The number of ether oxygens (including phenoxy) is 1. The molecule has 0 spiro atoms. The Bertz CT molecular complexity index is 535. The van der Waals surface area contributed by atoms with Crippen molar-refractivity contribution in [1.82, 2.24) is 5.32 Å². The van der Waals surface area contributed by atoms with Gasteiger partial charge in [0, 0.05) is 13.1 Å². The minimum Gasteiger partial charge on any atom is -0.363 e. The predicted octanol–water partition coefficient (Wildman–Crippen LogP) is 1.53. The second-order valence-electron chi connectivity index (χ2n) is 4.70. The highest BCUT2D eigenvalue weighted by Gasteiger charge is 2.33. The van der Waals surface area contributed by atoms with Crippen LogP contribution in [0.15, 0.2) is 18.2 Å². The topological polar surface area (TPSA) is 74.1 Å². The molecule has 0 aliphatic carbocycles. The molecule has 1 aliphatic rings. The molecule has 1 aliphatic heterocycles. The third-order valence-electron chi connectivity index (χ3n) is 2.92. The van der Waals surface area contributed by atoms with Crippen LogP contribution in [-0.4, -0.2) is 31.2 Å². The number of hydrogen-bond acceptors (Lipinski definition) is 4. The van der Waals surface area contributed by atoms with Crippen LogP contribution in [-0.2, 0) is 9.53 Å². The Kier molecular flexibility index (Phi) is 4.05. The molecule has 1 aromatic rings. The maximum atomic E-state index is 11.7. The summed E-state index contributed by atoms with van der Waals surface area (Å²) in [5.74, 6) is -0.264. The summed E-state index contributed by atoms with van der Waals surface area (Å²) in [5.41, 5.74) is 0.671. The van der Waals surface area contributed by atoms with Gasteiger partial charge in [0.2, 0.25) is 5.91 Å². The normalized spacial score (nSPS) is 16.3. The quantitative estimate of drug-likeness (QED) is 0.876. The number of carbonyl (C=O) groups excluding carboxylic acids is 1. The number of halogens is 1. The summed E-state index contributed by atoms with van der Waals surface area (Å²) in [6.07, 6.45) is 0. The zero-order chi connectivity index (χ0) is 13.9. The van der Waals surface area contributed by atoms with Gasteiger partial charge in [-0.05, 0) is 25.1 Å². The second kappa shape index (κ2) is 5.57. The van der Waals surface area contributed by atoms with Crippen molar-refractivity contribution in [1.29, 1.82) is 5.26 Å². The van der Waals surface area contributed by atoms with Crippen molar-refractivity contribution >= 4 is 23.2 Å². The fourth-order valence-corrected chi connectivity index (χ4v) is 1.92. The van der Waals surface area contributed by atoms with Gasteiger partial charge in [0.25, 0.3) is 0 Å². The van der Waals surface area contributed by atoms with E-state index >= 15 is 0 Å². The minimum absolute atomic E-state index is 0.0193. The molecule has 2 N–H and O–H groups in total. The molecule has 1 saturated heterocycles. The highest BCUT2D eigenvalue weighted by atomic mass is 35.5. The molecular weight excluding hydrogens is 266 g/mol. The maximum absolute atomic E-state index is 11.7. The Hall–Kier alpha value is -1.61. The first kappa shape index (κ1) is 13.8. The van der Waals surface area contributed by atoms with Crippen LogP contribution in [0.1, 0.15) is 12.5 Å². The molecule has 1 aromatic carbocycles. The number of hydrogen-bond donors (Lipinski definition) is 2. The number of nitrogens with one attached hydrogen (secondary N) is 2. The third-order valence-corrected chi connectivity index (χ3v) is 3.23. The van der Waals surface area contributed by atoms with E-state index in [1.54, 1.807) is 12.1 Å². The molecule has 2 rings (SSSR count). The van der Waals surface area contributed by atoms with Gasteiger partial charge in [-0.15, -0.1) is 0 Å². The fourth-order valence-electron chi connectivity index (χ4n) is 1.69. The second-order valence-corrected chi connectivity index (χ2v) is 5.10. The van der Waals surface area contributed by atoms with E-state index < -0.39 is 0 Å². The highest BCUT2D eigenvalue weighted by Crippen LogP contribution is 2.23. The largest absolute Gasteiger partial charge is 0.363 e. The lowest BCUT2D eigenvalue weighted by molar-refractivity contribution is -0.130. The summed E-state index contributed by atoms with van der Waals surface area (Å²) in [6, 6.07) is 6.69. The molecule has 0 radical (unpaired) electrons. The summed E-state index contributed by atoms with van der Waals surface area (Å²) in [6.45, 7) is 3.43. The van der Waals surface area contributed by atoms with Gasteiger partial charge in [0.1, 0.15) is 6.61 Å². The Morgan fingerprint density at radius 3 is 2.89 bits per heavy atom. The molecule has 6 heteroatoms. The molecule has 1 fully saturated rings. The summed E-state index contributed by atoms with van der Waals surface area (Å²) in [5, 5.41) is 14.8. The standard InChI is InChI=1S/C13H14ClN3O2/c1-13(7-16-8-13)19-6-12(18)17-11-3-2-9(5-15)4-10(11)14/h2-4,16H,6-8H2,1H3,(H,17,18). The molecule has 19 heavy (non-hydrogen) atoms. The van der Waals surface area contributed by atoms with Crippen LogP contribution < -0.4 is 10.6 Å². The number of amides is 1. The van der Waals surface area contributed by atoms with Crippen LogP contribution >= 0.6 is 11.6 Å². The van der Waals surface area contributed by atoms with Crippen molar-refractivity contribution in [2.24, 2.45) is 0 Å². The lowest BCUT2D eigenvalue weighted by Gasteiger charge is -2.38. The molecule has 0 aromatic heterocycles. The average molecular weight is 280 g/mol. The monoisotopic (exact) mass is 279 g/mol. The van der Waals surface area contributed by atoms with Gasteiger partial charge >= 0.3 is 0 Å². The lowest BCUT2D eigenvalue weighted by atomic mass is 10.0. The molecule has 0 bridgehead atoms. The molecule has 5 nitrogen and oxygen atoms in total. The van der Waals surface area contributed by atoms with Crippen LogP contribution in [0.2, 0.25) is 5.02 Å². The third kappa shape index (κ3) is 3.44. The Labute approximate surface area is 116 Å². The van der Waals surface area contributed by atoms with E-state index in [-0.39, 0.29) is 18.1 Å². The van der Waals surface area contributed by atoms with E-state index in [0.29, 0.717) is 16.3 Å². The number of rotatable bonds is 4. The fraction of sp³-hybridized carbons (Fsp3) is 0.385. The first-order valence-corrected chi connectivity index (χ1v) is 6.24. The molecule has 0 unspecified atom stereocenters. The van der Waals surface area contributed by atoms with Gasteiger partial charge in [-0.1, -0.05) is 11.6 Å². The molecule has 1 amide bonds. The van der Waals surface area contributed by atoms with E-state index in [2.05, 4.69) is 10.6 Å². The first-order chi connectivity index (χ1) is 9.02. The van der Waals surface area contributed by atoms with E-state index in [9.17, 15) is 4.79 Å². The smallest absolute Gasteiger partial charge is 0.250 e. The van der Waals surface area contributed by atoms with Crippen molar-refractivity contribution < 1.29 is 9.53 Å². The SMILES string of the molecule is CC1(OCC(=O)Nc2ccc(C#N)cc2Cl)CNC1. The molecule has 0 saturated carbocycles. The summed E-state index contributed by atoms with van der Waals surface area (Å²) in [4.78, 5) is 11.7. The van der Waals surface area contributed by atoms with Crippen LogP contribution in [0.25, 0.3) is 0 Å². The lowest BCUT2D eigenvalue weighted by Crippen LogP contribution is -2.59. The zero-order valence-electron chi connectivity index (χ0n) is 10.5. The van der Waals surface area contributed by atoms with Crippen molar-refractivity contribution in [3.63, 3.8) is 0 Å². The molecule has 100 valence electrons. The van der Waals surface area contributed by atoms with Gasteiger partial charge < -0.3 is 15.4 Å². The maximum Gasteiger partial charge on any atom is 0.250 e. The van der Waals surface area contributed by atoms with E-state index in [1.807, 2.05) is 13.0 Å². The van der Waals surface area contributed by atoms with Gasteiger partial charge in [-0.3, -0.25) is 4.79 Å².